The molecule has 0 aliphatic heterocycles. The van der Waals surface area contributed by atoms with Crippen LogP contribution in [0.25, 0.3) is 0 Å². The van der Waals surface area contributed by atoms with Crippen LogP contribution < -0.4 is 5.32 Å². The van der Waals surface area contributed by atoms with E-state index in [1.165, 1.54) is 13.3 Å². The number of hydrogen-bond acceptors (Lipinski definition) is 2. The fourth-order valence-electron chi connectivity index (χ4n) is 2.29. The summed E-state index contributed by atoms with van der Waals surface area (Å²) in [6.07, 6.45) is 5.61. The highest BCUT2D eigenvalue weighted by Gasteiger charge is 2.25. The zero-order valence-electron chi connectivity index (χ0n) is 10.6. The van der Waals surface area contributed by atoms with Crippen LogP contribution in [0.1, 0.15) is 46.0 Å². The highest BCUT2D eigenvalue weighted by Crippen LogP contribution is 2.22. The molecule has 0 radical (unpaired) electrons. The van der Waals surface area contributed by atoms with Crippen LogP contribution in [-0.2, 0) is 4.79 Å². The van der Waals surface area contributed by atoms with Crippen molar-refractivity contribution in [2.24, 2.45) is 0 Å². The lowest BCUT2D eigenvalue weighted by Crippen LogP contribution is -2.50. The number of rotatable bonds is 4. The molecule has 0 aromatic heterocycles. The molecule has 1 aliphatic carbocycles. The summed E-state index contributed by atoms with van der Waals surface area (Å²) in [6.45, 7) is 4.04. The minimum Gasteiger partial charge on any atom is -0.480 e. The van der Waals surface area contributed by atoms with Crippen LogP contribution in [-0.4, -0.2) is 40.6 Å². The van der Waals surface area contributed by atoms with Gasteiger partial charge in [-0.05, 0) is 26.7 Å². The van der Waals surface area contributed by atoms with Gasteiger partial charge in [0.15, 0.2) is 0 Å². The summed E-state index contributed by atoms with van der Waals surface area (Å²) in [4.78, 5) is 24.4. The number of carbonyl (C=O) groups is 2. The molecule has 1 saturated carbocycles. The molecule has 1 aliphatic rings. The third-order valence-corrected chi connectivity index (χ3v) is 3.33. The normalized spacial score (nSPS) is 18.5. The Hall–Kier alpha value is -1.26. The van der Waals surface area contributed by atoms with Crippen LogP contribution in [0.3, 0.4) is 0 Å². The average Bonchev–Trinajstić information content (AvgIpc) is 2.31. The number of nitrogens with one attached hydrogen (secondary N) is 1. The maximum Gasteiger partial charge on any atom is 0.325 e. The molecule has 0 saturated heterocycles. The number of hydrogen-bond donors (Lipinski definition) is 2. The van der Waals surface area contributed by atoms with Gasteiger partial charge in [-0.1, -0.05) is 19.3 Å². The van der Waals surface area contributed by atoms with E-state index < -0.39 is 12.0 Å². The SMILES string of the molecule is CCN(C(=O)N[C@@H](C)C(=O)O)C1CCCCC1. The molecule has 1 rings (SSSR count). The van der Waals surface area contributed by atoms with Crippen molar-refractivity contribution in [2.75, 3.05) is 6.54 Å². The van der Waals surface area contributed by atoms with E-state index in [-0.39, 0.29) is 12.1 Å². The van der Waals surface area contributed by atoms with Gasteiger partial charge >= 0.3 is 12.0 Å². The second-order valence-corrected chi connectivity index (χ2v) is 4.59. The first-order valence-electron chi connectivity index (χ1n) is 6.36. The summed E-state index contributed by atoms with van der Waals surface area (Å²) in [6, 6.07) is -0.816. The van der Waals surface area contributed by atoms with Crippen LogP contribution >= 0.6 is 0 Å². The monoisotopic (exact) mass is 242 g/mol. The number of carbonyl (C=O) groups excluding carboxylic acids is 1. The molecule has 0 unspecified atom stereocenters. The molecule has 0 aromatic carbocycles. The summed E-state index contributed by atoms with van der Waals surface area (Å²) >= 11 is 0. The molecule has 17 heavy (non-hydrogen) atoms. The number of carboxylic acids is 1. The molecule has 1 fully saturated rings. The Balaban J connectivity index is 2.53. The van der Waals surface area contributed by atoms with Gasteiger partial charge < -0.3 is 15.3 Å². The Bertz CT molecular complexity index is 275. The van der Waals surface area contributed by atoms with Crippen molar-refractivity contribution in [3.63, 3.8) is 0 Å². The summed E-state index contributed by atoms with van der Waals surface area (Å²) in [7, 11) is 0. The molecule has 5 nitrogen and oxygen atoms in total. The van der Waals surface area contributed by atoms with Gasteiger partial charge in [-0.25, -0.2) is 4.79 Å². The van der Waals surface area contributed by atoms with E-state index >= 15 is 0 Å². The molecule has 0 spiro atoms. The Labute approximate surface area is 102 Å². The topological polar surface area (TPSA) is 69.6 Å². The Morgan fingerprint density at radius 2 is 1.94 bits per heavy atom. The largest absolute Gasteiger partial charge is 0.480 e. The Morgan fingerprint density at radius 3 is 2.41 bits per heavy atom. The minimum atomic E-state index is -1.00. The predicted molar refractivity (Wildman–Crippen MR) is 64.9 cm³/mol. The van der Waals surface area contributed by atoms with Gasteiger partial charge in [0.1, 0.15) is 6.04 Å². The fraction of sp³-hybridized carbons (Fsp3) is 0.833. The molecule has 2 N–H and O–H groups in total. The molecule has 98 valence electrons. The van der Waals surface area contributed by atoms with Crippen molar-refractivity contribution in [3.05, 3.63) is 0 Å². The van der Waals surface area contributed by atoms with E-state index in [9.17, 15) is 9.59 Å². The zero-order valence-corrected chi connectivity index (χ0v) is 10.6. The quantitative estimate of drug-likeness (QED) is 0.790. The third-order valence-electron chi connectivity index (χ3n) is 3.33. The van der Waals surface area contributed by atoms with Gasteiger partial charge in [0, 0.05) is 12.6 Å². The number of urea groups is 1. The van der Waals surface area contributed by atoms with E-state index in [4.69, 9.17) is 5.11 Å². The minimum absolute atomic E-state index is 0.255. The molecular formula is C12H22N2O3. The lowest BCUT2D eigenvalue weighted by Gasteiger charge is -2.34. The van der Waals surface area contributed by atoms with Gasteiger partial charge in [0.2, 0.25) is 0 Å². The van der Waals surface area contributed by atoms with Crippen LogP contribution in [0.2, 0.25) is 0 Å². The van der Waals surface area contributed by atoms with Crippen molar-refractivity contribution < 1.29 is 14.7 Å². The number of aliphatic carboxylic acids is 1. The standard InChI is InChI=1S/C12H22N2O3/c1-3-14(10-7-5-4-6-8-10)12(17)13-9(2)11(15)16/h9-10H,3-8H2,1-2H3,(H,13,17)(H,15,16)/t9-/m0/s1. The van der Waals surface area contributed by atoms with Gasteiger partial charge in [-0.2, -0.15) is 0 Å². The zero-order chi connectivity index (χ0) is 12.8. The second-order valence-electron chi connectivity index (χ2n) is 4.59. The Kier molecular flexibility index (Phi) is 5.25. The number of amides is 2. The van der Waals surface area contributed by atoms with Crippen molar-refractivity contribution in [3.8, 4) is 0 Å². The van der Waals surface area contributed by atoms with Crippen molar-refractivity contribution in [1.82, 2.24) is 10.2 Å². The van der Waals surface area contributed by atoms with Gasteiger partial charge in [0.05, 0.1) is 0 Å². The maximum absolute atomic E-state index is 11.9. The Morgan fingerprint density at radius 1 is 1.35 bits per heavy atom. The van der Waals surface area contributed by atoms with E-state index in [2.05, 4.69) is 5.32 Å². The van der Waals surface area contributed by atoms with E-state index in [1.54, 1.807) is 4.90 Å². The summed E-state index contributed by atoms with van der Waals surface area (Å²) in [5.41, 5.74) is 0. The van der Waals surface area contributed by atoms with Gasteiger partial charge in [-0.15, -0.1) is 0 Å². The first-order chi connectivity index (χ1) is 8.06. The highest BCUT2D eigenvalue weighted by atomic mass is 16.4. The first-order valence-corrected chi connectivity index (χ1v) is 6.36. The molecule has 0 bridgehead atoms. The molecule has 2 amide bonds. The molecular weight excluding hydrogens is 220 g/mol. The lowest BCUT2D eigenvalue weighted by atomic mass is 9.94. The van der Waals surface area contributed by atoms with E-state index in [1.807, 2.05) is 6.92 Å². The van der Waals surface area contributed by atoms with Crippen LogP contribution in [0.15, 0.2) is 0 Å². The molecule has 0 heterocycles. The maximum atomic E-state index is 11.9. The summed E-state index contributed by atoms with van der Waals surface area (Å²) in [5, 5.41) is 11.3. The second kappa shape index (κ2) is 6.47. The fourth-order valence-corrected chi connectivity index (χ4v) is 2.29. The highest BCUT2D eigenvalue weighted by molar-refractivity contribution is 5.82. The first kappa shape index (κ1) is 13.8. The van der Waals surface area contributed by atoms with E-state index in [0.717, 1.165) is 25.7 Å². The van der Waals surface area contributed by atoms with Gasteiger partial charge in [0.25, 0.3) is 0 Å². The van der Waals surface area contributed by atoms with Crippen LogP contribution in [0, 0.1) is 0 Å². The lowest BCUT2D eigenvalue weighted by molar-refractivity contribution is -0.138. The summed E-state index contributed by atoms with van der Waals surface area (Å²) in [5.74, 6) is -1.00. The molecule has 0 aromatic rings. The van der Waals surface area contributed by atoms with E-state index in [0.29, 0.717) is 6.54 Å². The van der Waals surface area contributed by atoms with Crippen molar-refractivity contribution in [2.45, 2.75) is 58.0 Å². The third kappa shape index (κ3) is 3.91. The van der Waals surface area contributed by atoms with Crippen LogP contribution in [0.5, 0.6) is 0 Å². The number of nitrogens with zero attached hydrogens (tertiary/aromatic N) is 1. The number of carboxylic acid groups (broad SMARTS) is 1. The van der Waals surface area contributed by atoms with Crippen molar-refractivity contribution >= 4 is 12.0 Å². The molecule has 5 heteroatoms. The average molecular weight is 242 g/mol. The van der Waals surface area contributed by atoms with Crippen LogP contribution in [0.4, 0.5) is 4.79 Å². The predicted octanol–water partition coefficient (Wildman–Crippen LogP) is 1.82. The summed E-state index contributed by atoms with van der Waals surface area (Å²) < 4.78 is 0. The van der Waals surface area contributed by atoms with Crippen molar-refractivity contribution in [1.29, 1.82) is 0 Å². The molecule has 1 atom stereocenters. The smallest absolute Gasteiger partial charge is 0.325 e. The van der Waals surface area contributed by atoms with Gasteiger partial charge in [-0.3, -0.25) is 4.79 Å².